The topological polar surface area (TPSA) is 24.8 Å². The summed E-state index contributed by atoms with van der Waals surface area (Å²) >= 11 is 0. The quantitative estimate of drug-likeness (QED) is 0.517. The lowest BCUT2D eigenvalue weighted by Crippen LogP contribution is -3.03. The molecule has 0 saturated heterocycles. The van der Waals surface area contributed by atoms with Crippen LogP contribution in [0.25, 0.3) is 0 Å². The van der Waals surface area contributed by atoms with Gasteiger partial charge in [-0.15, -0.1) is 0 Å². The van der Waals surface area contributed by atoms with Crippen molar-refractivity contribution in [2.24, 2.45) is 0 Å². The smallest absolute Gasteiger partial charge is 0.231 e. The lowest BCUT2D eigenvalue weighted by atomic mass is 10.1. The van der Waals surface area contributed by atoms with E-state index in [2.05, 4.69) is 14.0 Å². The first-order valence-electron chi connectivity index (χ1n) is 9.04. The maximum atomic E-state index is 11.9. The molecular weight excluding hydrogens is 296 g/mol. The van der Waals surface area contributed by atoms with Gasteiger partial charge in [0.2, 0.25) is 5.91 Å². The molecular formula is C18H35ClN2O. The summed E-state index contributed by atoms with van der Waals surface area (Å²) in [7, 11) is 2.08. The van der Waals surface area contributed by atoms with Crippen LogP contribution in [0.2, 0.25) is 0 Å². The van der Waals surface area contributed by atoms with Crippen LogP contribution in [-0.2, 0) is 4.79 Å². The van der Waals surface area contributed by atoms with E-state index in [4.69, 9.17) is 0 Å². The van der Waals surface area contributed by atoms with Gasteiger partial charge in [0, 0.05) is 6.42 Å². The van der Waals surface area contributed by atoms with Gasteiger partial charge in [0.25, 0.3) is 0 Å². The van der Waals surface area contributed by atoms with E-state index >= 15 is 0 Å². The Morgan fingerprint density at radius 3 is 1.91 bits per heavy atom. The lowest BCUT2D eigenvalue weighted by Gasteiger charge is -2.12. The Kier molecular flexibility index (Phi) is 13.7. The molecule has 1 aliphatic rings. The fourth-order valence-electron chi connectivity index (χ4n) is 2.85. The standard InChI is InChI=1S/C18H34N2O.ClH/c1-3-4-5-6-7-8-9-10-11-12-13-14-18(21)20-16-15-19(2)17-20;/h15-16H,3-14,17H2,1-2H3;1H. The Labute approximate surface area is 143 Å². The minimum atomic E-state index is 0. The monoisotopic (exact) mass is 330 g/mol. The van der Waals surface area contributed by atoms with Gasteiger partial charge in [-0.2, -0.15) is 0 Å². The van der Waals surface area contributed by atoms with Crippen molar-refractivity contribution in [2.45, 2.75) is 84.0 Å². The molecule has 22 heavy (non-hydrogen) atoms. The van der Waals surface area contributed by atoms with Crippen molar-refractivity contribution in [3.05, 3.63) is 12.4 Å². The van der Waals surface area contributed by atoms with Crippen LogP contribution >= 0.6 is 0 Å². The zero-order valence-corrected chi connectivity index (χ0v) is 15.3. The molecule has 0 aromatic rings. The van der Waals surface area contributed by atoms with Gasteiger partial charge in [-0.05, 0) is 6.42 Å². The zero-order chi connectivity index (χ0) is 15.3. The van der Waals surface area contributed by atoms with Gasteiger partial charge in [-0.1, -0.05) is 71.1 Å². The molecule has 0 aromatic carbocycles. The van der Waals surface area contributed by atoms with E-state index in [9.17, 15) is 4.79 Å². The number of rotatable bonds is 12. The number of nitrogens with zero attached hydrogens (tertiary/aromatic N) is 1. The van der Waals surface area contributed by atoms with Crippen molar-refractivity contribution in [3.8, 4) is 0 Å². The number of amides is 1. The maximum Gasteiger partial charge on any atom is 0.231 e. The first-order valence-corrected chi connectivity index (χ1v) is 9.04. The van der Waals surface area contributed by atoms with Gasteiger partial charge in [0.05, 0.1) is 13.2 Å². The van der Waals surface area contributed by atoms with E-state index < -0.39 is 0 Å². The largest absolute Gasteiger partial charge is 1.00 e. The molecule has 3 nitrogen and oxygen atoms in total. The summed E-state index contributed by atoms with van der Waals surface area (Å²) in [6.07, 6.45) is 19.4. The van der Waals surface area contributed by atoms with Crippen LogP contribution in [0.5, 0.6) is 0 Å². The number of carbonyl (C=O) groups is 1. The first kappa shape index (κ1) is 21.5. The Bertz CT molecular complexity index is 307. The second kappa shape index (κ2) is 14.1. The molecule has 1 atom stereocenters. The van der Waals surface area contributed by atoms with E-state index in [0.29, 0.717) is 12.3 Å². The van der Waals surface area contributed by atoms with Gasteiger partial charge in [-0.3, -0.25) is 14.6 Å². The summed E-state index contributed by atoms with van der Waals surface area (Å²) in [5, 5.41) is 0. The van der Waals surface area contributed by atoms with Crippen LogP contribution in [0.3, 0.4) is 0 Å². The second-order valence-electron chi connectivity index (χ2n) is 6.47. The van der Waals surface area contributed by atoms with E-state index in [0.717, 1.165) is 13.1 Å². The van der Waals surface area contributed by atoms with Gasteiger partial charge in [0.1, 0.15) is 6.20 Å². The number of hydrogen-bond donors (Lipinski definition) is 1. The Balaban J connectivity index is 0.00000441. The summed E-state index contributed by atoms with van der Waals surface area (Å²) in [6.45, 7) is 3.07. The molecule has 1 unspecified atom stereocenters. The van der Waals surface area contributed by atoms with E-state index in [1.165, 1.54) is 69.1 Å². The van der Waals surface area contributed by atoms with Crippen molar-refractivity contribution in [2.75, 3.05) is 13.7 Å². The molecule has 4 heteroatoms. The molecule has 0 aromatic heterocycles. The number of hydrogen-bond acceptors (Lipinski definition) is 1. The number of carbonyl (C=O) groups excluding carboxylic acids is 1. The molecule has 0 fully saturated rings. The molecule has 0 saturated carbocycles. The SMILES string of the molecule is CCCCCCCCCCCCCC(=O)N1C=C[NH+](C)C1.[Cl-]. The van der Waals surface area contributed by atoms with Crippen molar-refractivity contribution in [1.82, 2.24) is 4.90 Å². The molecule has 0 radical (unpaired) electrons. The number of quaternary nitrogens is 1. The van der Waals surface area contributed by atoms with Crippen LogP contribution in [0.1, 0.15) is 84.0 Å². The van der Waals surface area contributed by atoms with Crippen LogP contribution in [0, 0.1) is 0 Å². The number of halogens is 1. The fourth-order valence-corrected chi connectivity index (χ4v) is 2.85. The normalized spacial score (nSPS) is 16.8. The van der Waals surface area contributed by atoms with E-state index in [1.807, 2.05) is 17.3 Å². The third kappa shape index (κ3) is 10.2. The summed E-state index contributed by atoms with van der Waals surface area (Å²) in [5.41, 5.74) is 0. The third-order valence-electron chi connectivity index (χ3n) is 4.27. The summed E-state index contributed by atoms with van der Waals surface area (Å²) in [5.74, 6) is 0.291. The van der Waals surface area contributed by atoms with Crippen molar-refractivity contribution in [1.29, 1.82) is 0 Å². The van der Waals surface area contributed by atoms with Gasteiger partial charge >= 0.3 is 0 Å². The first-order chi connectivity index (χ1) is 10.2. The van der Waals surface area contributed by atoms with Gasteiger partial charge in [0.15, 0.2) is 6.67 Å². The van der Waals surface area contributed by atoms with Gasteiger partial charge < -0.3 is 12.4 Å². The Hall–Kier alpha value is -0.540. The van der Waals surface area contributed by atoms with Crippen LogP contribution in [-0.4, -0.2) is 24.5 Å². The average molecular weight is 331 g/mol. The Morgan fingerprint density at radius 1 is 0.955 bits per heavy atom. The molecule has 1 aliphatic heterocycles. The van der Waals surface area contributed by atoms with E-state index in [-0.39, 0.29) is 12.4 Å². The molecule has 0 bridgehead atoms. The molecule has 0 aliphatic carbocycles. The van der Waals surface area contributed by atoms with Crippen molar-refractivity contribution >= 4 is 5.91 Å². The molecule has 130 valence electrons. The maximum absolute atomic E-state index is 11.9. The van der Waals surface area contributed by atoms with Crippen LogP contribution in [0.4, 0.5) is 0 Å². The van der Waals surface area contributed by atoms with Crippen LogP contribution in [0.15, 0.2) is 12.4 Å². The highest BCUT2D eigenvalue weighted by molar-refractivity contribution is 5.77. The summed E-state index contributed by atoms with van der Waals surface area (Å²) < 4.78 is 0. The molecule has 1 rings (SSSR count). The highest BCUT2D eigenvalue weighted by atomic mass is 35.5. The third-order valence-corrected chi connectivity index (χ3v) is 4.27. The van der Waals surface area contributed by atoms with Crippen molar-refractivity contribution < 1.29 is 22.1 Å². The van der Waals surface area contributed by atoms with Crippen molar-refractivity contribution in [3.63, 3.8) is 0 Å². The molecule has 1 amide bonds. The lowest BCUT2D eigenvalue weighted by molar-refractivity contribution is -0.825. The minimum absolute atomic E-state index is 0. The highest BCUT2D eigenvalue weighted by Gasteiger charge is 2.18. The molecule has 1 heterocycles. The number of nitrogens with one attached hydrogen (secondary N) is 1. The highest BCUT2D eigenvalue weighted by Crippen LogP contribution is 2.12. The molecule has 1 N–H and O–H groups in total. The minimum Gasteiger partial charge on any atom is -1.00 e. The average Bonchev–Trinajstić information content (AvgIpc) is 2.91. The second-order valence-corrected chi connectivity index (χ2v) is 6.47. The van der Waals surface area contributed by atoms with Gasteiger partial charge in [-0.25, -0.2) is 0 Å². The van der Waals surface area contributed by atoms with E-state index in [1.54, 1.807) is 0 Å². The number of unbranched alkanes of at least 4 members (excludes halogenated alkanes) is 10. The molecule has 0 spiro atoms. The Morgan fingerprint density at radius 2 is 1.45 bits per heavy atom. The zero-order valence-electron chi connectivity index (χ0n) is 14.6. The summed E-state index contributed by atoms with van der Waals surface area (Å²) in [6, 6.07) is 0. The predicted octanol–water partition coefficient (Wildman–Crippen LogP) is 0.477. The summed E-state index contributed by atoms with van der Waals surface area (Å²) in [4.78, 5) is 15.0. The predicted molar refractivity (Wildman–Crippen MR) is 88.8 cm³/mol. The van der Waals surface area contributed by atoms with Crippen LogP contribution < -0.4 is 17.3 Å². The fraction of sp³-hybridized carbons (Fsp3) is 0.833.